The molecule has 11 heavy (non-hydrogen) atoms. The molecular formula is C9H12N2. The molecule has 0 saturated heterocycles. The van der Waals surface area contributed by atoms with E-state index in [0.717, 1.165) is 36.1 Å². The number of hydrogen-bond donors (Lipinski definition) is 1. The van der Waals surface area contributed by atoms with Crippen molar-refractivity contribution in [3.63, 3.8) is 0 Å². The Morgan fingerprint density at radius 2 is 2.36 bits per heavy atom. The Bertz CT molecular complexity index is 253. The number of nitrogens with zero attached hydrogens (tertiary/aromatic N) is 1. The van der Waals surface area contributed by atoms with E-state index in [1.165, 1.54) is 0 Å². The molecule has 2 heteroatoms. The van der Waals surface area contributed by atoms with Gasteiger partial charge in [-0.3, -0.25) is 0 Å². The van der Waals surface area contributed by atoms with Crippen LogP contribution in [-0.4, -0.2) is 0 Å². The maximum atomic E-state index is 8.61. The van der Waals surface area contributed by atoms with Crippen molar-refractivity contribution in [2.75, 3.05) is 0 Å². The molecule has 0 aromatic heterocycles. The molecule has 1 aliphatic rings. The van der Waals surface area contributed by atoms with Gasteiger partial charge in [-0.25, -0.2) is 0 Å². The van der Waals surface area contributed by atoms with E-state index in [9.17, 15) is 0 Å². The molecule has 0 radical (unpaired) electrons. The molecule has 0 aliphatic heterocycles. The van der Waals surface area contributed by atoms with Gasteiger partial charge in [0, 0.05) is 11.3 Å². The lowest BCUT2D eigenvalue weighted by molar-refractivity contribution is 0.873. The quantitative estimate of drug-likeness (QED) is 0.617. The maximum Gasteiger partial charge on any atom is 0.0947 e. The van der Waals surface area contributed by atoms with Crippen LogP contribution < -0.4 is 5.73 Å². The Morgan fingerprint density at radius 1 is 1.64 bits per heavy atom. The van der Waals surface area contributed by atoms with Crippen LogP contribution in [0.15, 0.2) is 22.9 Å². The zero-order chi connectivity index (χ0) is 8.27. The van der Waals surface area contributed by atoms with Gasteiger partial charge in [-0.15, -0.1) is 0 Å². The van der Waals surface area contributed by atoms with E-state index in [1.807, 2.05) is 6.08 Å². The fraction of sp³-hybridized carbons (Fsp3) is 0.444. The van der Waals surface area contributed by atoms with Gasteiger partial charge < -0.3 is 5.73 Å². The Kier molecular flexibility index (Phi) is 2.32. The van der Waals surface area contributed by atoms with Crippen LogP contribution in [0, 0.1) is 11.3 Å². The molecule has 0 spiro atoms. The third kappa shape index (κ3) is 1.62. The van der Waals surface area contributed by atoms with Crippen molar-refractivity contribution < 1.29 is 0 Å². The summed E-state index contributed by atoms with van der Waals surface area (Å²) in [4.78, 5) is 0. The second-order valence-corrected chi connectivity index (χ2v) is 2.69. The average Bonchev–Trinajstić information content (AvgIpc) is 2.05. The Hall–Kier alpha value is -1.23. The first-order chi connectivity index (χ1) is 5.27. The minimum Gasteiger partial charge on any atom is -0.402 e. The third-order valence-electron chi connectivity index (χ3n) is 1.95. The van der Waals surface area contributed by atoms with Crippen molar-refractivity contribution in [1.29, 1.82) is 5.26 Å². The van der Waals surface area contributed by atoms with Crippen molar-refractivity contribution in [2.24, 2.45) is 5.73 Å². The molecule has 0 saturated carbocycles. The predicted molar refractivity (Wildman–Crippen MR) is 44.4 cm³/mol. The van der Waals surface area contributed by atoms with Crippen LogP contribution in [0.3, 0.4) is 0 Å². The summed E-state index contributed by atoms with van der Waals surface area (Å²) in [7, 11) is 0. The van der Waals surface area contributed by atoms with Gasteiger partial charge in [0.05, 0.1) is 6.07 Å². The lowest BCUT2D eigenvalue weighted by atomic mass is 9.96. The summed E-state index contributed by atoms with van der Waals surface area (Å²) in [6.07, 6.45) is 4.50. The molecule has 0 atom stereocenters. The van der Waals surface area contributed by atoms with Gasteiger partial charge in [0.25, 0.3) is 0 Å². The first-order valence-corrected chi connectivity index (χ1v) is 3.86. The average molecular weight is 148 g/mol. The topological polar surface area (TPSA) is 49.8 Å². The highest BCUT2D eigenvalue weighted by Gasteiger charge is 2.08. The molecule has 0 amide bonds. The standard InChI is InChI=1S/C9H12N2/c1-2-8-5-7(6-10)3-4-9(8)11/h5H,2-4,11H2,1H3. The van der Waals surface area contributed by atoms with Crippen molar-refractivity contribution in [2.45, 2.75) is 26.2 Å². The third-order valence-corrected chi connectivity index (χ3v) is 1.95. The van der Waals surface area contributed by atoms with E-state index >= 15 is 0 Å². The molecule has 0 unspecified atom stereocenters. The molecule has 2 nitrogen and oxygen atoms in total. The van der Waals surface area contributed by atoms with Gasteiger partial charge in [-0.1, -0.05) is 6.92 Å². The summed E-state index contributed by atoms with van der Waals surface area (Å²) < 4.78 is 0. The first kappa shape index (κ1) is 7.87. The molecule has 1 aliphatic carbocycles. The minimum absolute atomic E-state index is 0.811. The van der Waals surface area contributed by atoms with E-state index in [2.05, 4.69) is 13.0 Å². The maximum absolute atomic E-state index is 8.61. The van der Waals surface area contributed by atoms with E-state index in [0.29, 0.717) is 0 Å². The fourth-order valence-corrected chi connectivity index (χ4v) is 1.22. The zero-order valence-corrected chi connectivity index (χ0v) is 6.72. The number of hydrogen-bond acceptors (Lipinski definition) is 2. The van der Waals surface area contributed by atoms with E-state index in [4.69, 9.17) is 11.0 Å². The molecule has 1 rings (SSSR count). The smallest absolute Gasteiger partial charge is 0.0947 e. The van der Waals surface area contributed by atoms with Gasteiger partial charge in [-0.05, 0) is 30.9 Å². The molecule has 0 bridgehead atoms. The summed E-state index contributed by atoms with van der Waals surface area (Å²) in [6, 6.07) is 2.16. The Morgan fingerprint density at radius 3 is 2.91 bits per heavy atom. The highest BCUT2D eigenvalue weighted by Crippen LogP contribution is 2.21. The van der Waals surface area contributed by atoms with Gasteiger partial charge in [0.2, 0.25) is 0 Å². The molecule has 0 fully saturated rings. The second kappa shape index (κ2) is 3.25. The van der Waals surface area contributed by atoms with Gasteiger partial charge >= 0.3 is 0 Å². The first-order valence-electron chi connectivity index (χ1n) is 3.86. The second-order valence-electron chi connectivity index (χ2n) is 2.69. The van der Waals surface area contributed by atoms with Crippen molar-refractivity contribution in [3.05, 3.63) is 22.9 Å². The summed E-state index contributed by atoms with van der Waals surface area (Å²) in [5.41, 5.74) is 8.67. The summed E-state index contributed by atoms with van der Waals surface area (Å²) in [5, 5.41) is 8.61. The van der Waals surface area contributed by atoms with Gasteiger partial charge in [0.1, 0.15) is 0 Å². The van der Waals surface area contributed by atoms with Crippen molar-refractivity contribution >= 4 is 0 Å². The van der Waals surface area contributed by atoms with E-state index in [-0.39, 0.29) is 0 Å². The van der Waals surface area contributed by atoms with Crippen LogP contribution in [0.25, 0.3) is 0 Å². The van der Waals surface area contributed by atoms with E-state index in [1.54, 1.807) is 0 Å². The molecule has 0 aromatic rings. The monoisotopic (exact) mass is 148 g/mol. The van der Waals surface area contributed by atoms with Crippen LogP contribution in [0.4, 0.5) is 0 Å². The molecule has 0 heterocycles. The molecular weight excluding hydrogens is 136 g/mol. The van der Waals surface area contributed by atoms with Crippen LogP contribution >= 0.6 is 0 Å². The number of nitrogens with two attached hydrogens (primary N) is 1. The van der Waals surface area contributed by atoms with Crippen LogP contribution in [0.2, 0.25) is 0 Å². The van der Waals surface area contributed by atoms with Gasteiger partial charge in [0.15, 0.2) is 0 Å². The van der Waals surface area contributed by atoms with Crippen LogP contribution in [0.1, 0.15) is 26.2 Å². The minimum atomic E-state index is 0.811. The SMILES string of the molecule is CCC1=C(N)CCC(C#N)=C1. The predicted octanol–water partition coefficient (Wildman–Crippen LogP) is 1.85. The number of nitriles is 1. The van der Waals surface area contributed by atoms with Crippen LogP contribution in [-0.2, 0) is 0 Å². The number of rotatable bonds is 1. The lowest BCUT2D eigenvalue weighted by Gasteiger charge is -2.12. The van der Waals surface area contributed by atoms with Crippen molar-refractivity contribution in [3.8, 4) is 6.07 Å². The van der Waals surface area contributed by atoms with Crippen LogP contribution in [0.5, 0.6) is 0 Å². The van der Waals surface area contributed by atoms with Crippen molar-refractivity contribution in [1.82, 2.24) is 0 Å². The summed E-state index contributed by atoms with van der Waals surface area (Å²) in [5.74, 6) is 0. The molecule has 2 N–H and O–H groups in total. The molecule has 58 valence electrons. The highest BCUT2D eigenvalue weighted by molar-refractivity contribution is 5.37. The normalized spacial score (nSPS) is 17.6. The summed E-state index contributed by atoms with van der Waals surface area (Å²) >= 11 is 0. The molecule has 0 aromatic carbocycles. The Balaban J connectivity index is 2.89. The largest absolute Gasteiger partial charge is 0.402 e. The summed E-state index contributed by atoms with van der Waals surface area (Å²) in [6.45, 7) is 2.05. The highest BCUT2D eigenvalue weighted by atomic mass is 14.6. The Labute approximate surface area is 67.0 Å². The number of allylic oxidation sites excluding steroid dienone is 4. The fourth-order valence-electron chi connectivity index (χ4n) is 1.22. The van der Waals surface area contributed by atoms with Gasteiger partial charge in [-0.2, -0.15) is 5.26 Å². The lowest BCUT2D eigenvalue weighted by Crippen LogP contribution is -2.06. The van der Waals surface area contributed by atoms with E-state index < -0.39 is 0 Å². The zero-order valence-electron chi connectivity index (χ0n) is 6.72.